The van der Waals surface area contributed by atoms with E-state index < -0.39 is 17.7 Å². The van der Waals surface area contributed by atoms with Crippen molar-refractivity contribution in [3.05, 3.63) is 99.8 Å². The van der Waals surface area contributed by atoms with Crippen LogP contribution in [0.15, 0.2) is 71.4 Å². The summed E-state index contributed by atoms with van der Waals surface area (Å²) < 4.78 is 21.6. The van der Waals surface area contributed by atoms with Crippen LogP contribution in [0.1, 0.15) is 29.4 Å². The molecule has 6 heteroatoms. The average molecular weight is 445 g/mol. The van der Waals surface area contributed by atoms with Crippen LogP contribution in [0.2, 0.25) is 0 Å². The number of ether oxygens (including phenoxy) is 1. The summed E-state index contributed by atoms with van der Waals surface area (Å²) in [5.74, 6) is -1.66. The van der Waals surface area contributed by atoms with E-state index in [9.17, 15) is 14.0 Å². The number of esters is 1. The van der Waals surface area contributed by atoms with Gasteiger partial charge in [0.25, 0.3) is 5.91 Å². The van der Waals surface area contributed by atoms with E-state index in [0.29, 0.717) is 5.70 Å². The van der Waals surface area contributed by atoms with Crippen LogP contribution in [0.4, 0.5) is 10.1 Å². The van der Waals surface area contributed by atoms with Gasteiger partial charge < -0.3 is 9.30 Å². The Kier molecular flexibility index (Phi) is 5.77. The van der Waals surface area contributed by atoms with E-state index in [4.69, 9.17) is 4.74 Å². The molecule has 2 heterocycles. The number of hydrogen-bond acceptors (Lipinski definition) is 3. The van der Waals surface area contributed by atoms with Crippen LogP contribution in [0.25, 0.3) is 11.8 Å². The van der Waals surface area contributed by atoms with Crippen LogP contribution in [0.3, 0.4) is 0 Å². The molecule has 1 aliphatic rings. The van der Waals surface area contributed by atoms with Gasteiger partial charge in [0.05, 0.1) is 23.9 Å². The van der Waals surface area contributed by atoms with Crippen molar-refractivity contribution in [3.63, 3.8) is 0 Å². The lowest BCUT2D eigenvalue weighted by molar-refractivity contribution is -0.136. The number of hydrogen-bond donors (Lipinski definition) is 0. The number of para-hydroxylation sites is 2. The molecule has 0 saturated heterocycles. The second-order valence-corrected chi connectivity index (χ2v) is 8.05. The molecule has 3 aromatic rings. The fourth-order valence-electron chi connectivity index (χ4n) is 4.38. The van der Waals surface area contributed by atoms with Crippen molar-refractivity contribution in [2.24, 2.45) is 0 Å². The Morgan fingerprint density at radius 3 is 2.24 bits per heavy atom. The number of rotatable bonds is 4. The van der Waals surface area contributed by atoms with Gasteiger partial charge in [-0.05, 0) is 69.2 Å². The fourth-order valence-corrected chi connectivity index (χ4v) is 4.38. The van der Waals surface area contributed by atoms with Gasteiger partial charge in [0, 0.05) is 22.8 Å². The highest BCUT2D eigenvalue weighted by atomic mass is 19.1. The molecule has 0 radical (unpaired) electrons. The molecule has 4 rings (SSSR count). The maximum Gasteiger partial charge on any atom is 0.340 e. The van der Waals surface area contributed by atoms with E-state index in [2.05, 4.69) is 4.57 Å². The number of halogens is 1. The number of carbonyl (C=O) groups excluding carboxylic acids is 2. The van der Waals surface area contributed by atoms with Crippen molar-refractivity contribution in [3.8, 4) is 5.69 Å². The van der Waals surface area contributed by atoms with E-state index in [-0.39, 0.29) is 16.8 Å². The molecule has 0 spiro atoms. The third-order valence-corrected chi connectivity index (χ3v) is 6.01. The van der Waals surface area contributed by atoms with E-state index in [0.717, 1.165) is 28.2 Å². The Hall–Kier alpha value is -3.93. The van der Waals surface area contributed by atoms with Crippen molar-refractivity contribution in [2.75, 3.05) is 12.0 Å². The third kappa shape index (κ3) is 3.67. The molecular formula is C27H25FN2O3. The van der Waals surface area contributed by atoms with Crippen LogP contribution in [0.5, 0.6) is 0 Å². The molecule has 0 atom stereocenters. The minimum atomic E-state index is -0.640. The number of benzene rings is 2. The van der Waals surface area contributed by atoms with Gasteiger partial charge in [-0.2, -0.15) is 0 Å². The lowest BCUT2D eigenvalue weighted by atomic mass is 10.0. The Labute approximate surface area is 192 Å². The number of aryl methyl sites for hydroxylation is 2. The first-order valence-corrected chi connectivity index (χ1v) is 10.6. The summed E-state index contributed by atoms with van der Waals surface area (Å²) in [6.45, 7) is 7.62. The van der Waals surface area contributed by atoms with Crippen LogP contribution >= 0.6 is 0 Å². The number of carbonyl (C=O) groups is 2. The predicted octanol–water partition coefficient (Wildman–Crippen LogP) is 5.42. The van der Waals surface area contributed by atoms with Gasteiger partial charge in [-0.3, -0.25) is 9.69 Å². The molecule has 0 bridgehead atoms. The zero-order valence-electron chi connectivity index (χ0n) is 19.3. The van der Waals surface area contributed by atoms with E-state index >= 15 is 0 Å². The van der Waals surface area contributed by atoms with Gasteiger partial charge in [0.1, 0.15) is 5.82 Å². The second-order valence-electron chi connectivity index (χ2n) is 8.05. The summed E-state index contributed by atoms with van der Waals surface area (Å²) in [5, 5.41) is 0. The topological polar surface area (TPSA) is 51.5 Å². The number of methoxy groups -OCH3 is 1. The second kappa shape index (κ2) is 8.54. The first-order chi connectivity index (χ1) is 15.8. The summed E-state index contributed by atoms with van der Waals surface area (Å²) in [4.78, 5) is 27.4. The molecule has 0 unspecified atom stereocenters. The molecule has 1 aliphatic heterocycles. The molecule has 1 amide bonds. The van der Waals surface area contributed by atoms with Crippen molar-refractivity contribution < 1.29 is 18.7 Å². The standard InChI is InChI=1S/C27H25FN2O3/c1-16-10-6-8-12-23(16)29-17(2)14-20(18(29)3)15-21-25(27(32)33-5)19(4)30(26(21)31)24-13-9-7-11-22(24)28/h6-15H,1-5H3/b21-15-. The van der Waals surface area contributed by atoms with E-state index in [1.165, 1.54) is 24.1 Å². The molecule has 168 valence electrons. The predicted molar refractivity (Wildman–Crippen MR) is 127 cm³/mol. The number of aromatic nitrogens is 1. The van der Waals surface area contributed by atoms with Crippen molar-refractivity contribution in [2.45, 2.75) is 27.7 Å². The van der Waals surface area contributed by atoms with Crippen LogP contribution in [-0.2, 0) is 14.3 Å². The molecule has 5 nitrogen and oxygen atoms in total. The van der Waals surface area contributed by atoms with E-state index in [1.54, 1.807) is 25.1 Å². The van der Waals surface area contributed by atoms with Crippen molar-refractivity contribution in [1.29, 1.82) is 0 Å². The summed E-state index contributed by atoms with van der Waals surface area (Å²) in [6.07, 6.45) is 1.69. The largest absolute Gasteiger partial charge is 0.465 e. The van der Waals surface area contributed by atoms with Gasteiger partial charge in [-0.15, -0.1) is 0 Å². The van der Waals surface area contributed by atoms with Crippen molar-refractivity contribution in [1.82, 2.24) is 4.57 Å². The molecule has 0 saturated carbocycles. The Balaban J connectivity index is 1.88. The maximum atomic E-state index is 14.5. The van der Waals surface area contributed by atoms with E-state index in [1.807, 2.05) is 51.1 Å². The SMILES string of the molecule is COC(=O)C1=C(C)N(c2ccccc2F)C(=O)/C1=C\c1cc(C)n(-c2ccccc2C)c1C. The summed E-state index contributed by atoms with van der Waals surface area (Å²) in [7, 11) is 1.26. The van der Waals surface area contributed by atoms with Gasteiger partial charge in [-0.1, -0.05) is 30.3 Å². The lowest BCUT2D eigenvalue weighted by Crippen LogP contribution is -2.25. The molecule has 0 fully saturated rings. The first kappa shape index (κ1) is 22.3. The molecule has 0 aliphatic carbocycles. The normalized spacial score (nSPS) is 15.0. The van der Waals surface area contributed by atoms with Gasteiger partial charge in [-0.25, -0.2) is 9.18 Å². The van der Waals surface area contributed by atoms with Crippen molar-refractivity contribution >= 4 is 23.6 Å². The van der Waals surface area contributed by atoms with Crippen LogP contribution in [0, 0.1) is 26.6 Å². The summed E-state index contributed by atoms with van der Waals surface area (Å²) in [5.41, 5.74) is 5.60. The zero-order chi connectivity index (χ0) is 23.9. The van der Waals surface area contributed by atoms with Crippen LogP contribution in [-0.4, -0.2) is 23.6 Å². The Bertz CT molecular complexity index is 1350. The number of allylic oxidation sites excluding steroid dienone is 1. The quantitative estimate of drug-likeness (QED) is 0.399. The molecule has 33 heavy (non-hydrogen) atoms. The fraction of sp³-hybridized carbons (Fsp3) is 0.185. The molecule has 0 N–H and O–H groups in total. The third-order valence-electron chi connectivity index (χ3n) is 6.01. The highest BCUT2D eigenvalue weighted by molar-refractivity contribution is 6.23. The average Bonchev–Trinajstić information content (AvgIpc) is 3.20. The molecular weight excluding hydrogens is 419 g/mol. The van der Waals surface area contributed by atoms with Gasteiger partial charge in [0.15, 0.2) is 0 Å². The maximum absolute atomic E-state index is 14.5. The zero-order valence-corrected chi connectivity index (χ0v) is 19.3. The summed E-state index contributed by atoms with van der Waals surface area (Å²) >= 11 is 0. The van der Waals surface area contributed by atoms with Gasteiger partial charge >= 0.3 is 5.97 Å². The molecule has 1 aromatic heterocycles. The number of anilines is 1. The Morgan fingerprint density at radius 2 is 1.61 bits per heavy atom. The minimum absolute atomic E-state index is 0.0928. The van der Waals surface area contributed by atoms with Crippen LogP contribution < -0.4 is 4.90 Å². The summed E-state index contributed by atoms with van der Waals surface area (Å²) in [6, 6.07) is 16.0. The Morgan fingerprint density at radius 1 is 0.970 bits per heavy atom. The lowest BCUT2D eigenvalue weighted by Gasteiger charge is -2.18. The highest BCUT2D eigenvalue weighted by Gasteiger charge is 2.39. The van der Waals surface area contributed by atoms with Gasteiger partial charge in [0.2, 0.25) is 0 Å². The number of amides is 1. The number of nitrogens with zero attached hydrogens (tertiary/aromatic N) is 2. The molecule has 2 aromatic carbocycles. The minimum Gasteiger partial charge on any atom is -0.465 e. The first-order valence-electron chi connectivity index (χ1n) is 10.6. The smallest absolute Gasteiger partial charge is 0.340 e. The monoisotopic (exact) mass is 444 g/mol. The highest BCUT2D eigenvalue weighted by Crippen LogP contribution is 2.37.